The summed E-state index contributed by atoms with van der Waals surface area (Å²) in [5.74, 6) is 1.31. The molecule has 3 N–H and O–H groups in total. The highest BCUT2D eigenvalue weighted by Gasteiger charge is 2.31. The van der Waals surface area contributed by atoms with E-state index < -0.39 is 11.7 Å². The lowest BCUT2D eigenvalue weighted by atomic mass is 10.0. The van der Waals surface area contributed by atoms with Gasteiger partial charge in [0.2, 0.25) is 5.95 Å². The monoisotopic (exact) mass is 492 g/mol. The minimum absolute atomic E-state index is 0.0232. The Kier molecular flexibility index (Phi) is 6.65. The van der Waals surface area contributed by atoms with Crippen molar-refractivity contribution in [2.24, 2.45) is 0 Å². The summed E-state index contributed by atoms with van der Waals surface area (Å²) in [4.78, 5) is 14.7. The molecule has 1 fully saturated rings. The highest BCUT2D eigenvalue weighted by molar-refractivity contribution is 5.81. The molecule has 1 atom stereocenters. The maximum absolute atomic E-state index is 13.5. The van der Waals surface area contributed by atoms with E-state index in [1.165, 1.54) is 6.07 Å². The second-order valence-corrected chi connectivity index (χ2v) is 8.81. The van der Waals surface area contributed by atoms with Gasteiger partial charge in [0.25, 0.3) is 0 Å². The number of aromatic amines is 1. The van der Waals surface area contributed by atoms with Crippen LogP contribution in [-0.2, 0) is 6.18 Å². The molecule has 1 aliphatic rings. The fourth-order valence-corrected chi connectivity index (χ4v) is 4.36. The van der Waals surface area contributed by atoms with Crippen molar-refractivity contribution < 1.29 is 13.2 Å². The summed E-state index contributed by atoms with van der Waals surface area (Å²) in [6, 6.07) is 19.1. The largest absolute Gasteiger partial charge is 0.416 e. The van der Waals surface area contributed by atoms with E-state index in [1.54, 1.807) is 12.3 Å². The van der Waals surface area contributed by atoms with Crippen molar-refractivity contribution >= 4 is 11.8 Å². The molecule has 0 spiro atoms. The third kappa shape index (κ3) is 5.21. The number of imidazole rings is 1. The third-order valence-corrected chi connectivity index (χ3v) is 6.28. The van der Waals surface area contributed by atoms with Crippen LogP contribution in [0.15, 0.2) is 72.9 Å². The van der Waals surface area contributed by atoms with E-state index in [0.29, 0.717) is 28.7 Å². The summed E-state index contributed by atoms with van der Waals surface area (Å²) in [5.41, 5.74) is 2.74. The molecule has 1 saturated heterocycles. The first-order valence-corrected chi connectivity index (χ1v) is 11.9. The standard InChI is InChI=1S/C27H27F3N6/c1-18(19-6-3-2-4-7-19)33-23-17-21(10-11-32-23)25-24(20-8-5-9-22(16-20)27(28,29)30)34-26(35-25)36-14-12-31-13-15-36/h2-11,16-18,31H,12-15H2,1H3,(H,32,33)(H,34,35). The molecule has 0 radical (unpaired) electrons. The molecule has 2 aromatic heterocycles. The molecule has 0 amide bonds. The van der Waals surface area contributed by atoms with E-state index in [9.17, 15) is 13.2 Å². The first kappa shape index (κ1) is 23.9. The summed E-state index contributed by atoms with van der Waals surface area (Å²) in [6.45, 7) is 5.20. The molecule has 0 aliphatic carbocycles. The molecular weight excluding hydrogens is 465 g/mol. The predicted molar refractivity (Wildman–Crippen MR) is 136 cm³/mol. The van der Waals surface area contributed by atoms with Crippen LogP contribution >= 0.6 is 0 Å². The average Bonchev–Trinajstić information content (AvgIpc) is 3.35. The number of aromatic nitrogens is 3. The van der Waals surface area contributed by atoms with Crippen molar-refractivity contribution in [3.63, 3.8) is 0 Å². The molecule has 0 saturated carbocycles. The van der Waals surface area contributed by atoms with Crippen molar-refractivity contribution in [1.82, 2.24) is 20.3 Å². The van der Waals surface area contributed by atoms with Crippen LogP contribution in [0.3, 0.4) is 0 Å². The van der Waals surface area contributed by atoms with Gasteiger partial charge >= 0.3 is 6.18 Å². The van der Waals surface area contributed by atoms with Crippen LogP contribution in [0.4, 0.5) is 24.9 Å². The Morgan fingerprint density at radius 2 is 1.72 bits per heavy atom. The molecule has 186 valence electrons. The summed E-state index contributed by atoms with van der Waals surface area (Å²) in [7, 11) is 0. The molecule has 4 aromatic rings. The zero-order chi connectivity index (χ0) is 25.1. The number of halogens is 3. The number of H-pyrrole nitrogens is 1. The number of rotatable bonds is 6. The second kappa shape index (κ2) is 10.0. The van der Waals surface area contributed by atoms with Gasteiger partial charge in [-0.1, -0.05) is 42.5 Å². The van der Waals surface area contributed by atoms with Gasteiger partial charge in [0.1, 0.15) is 5.82 Å². The van der Waals surface area contributed by atoms with Gasteiger partial charge in [0, 0.05) is 49.5 Å². The zero-order valence-corrected chi connectivity index (χ0v) is 19.8. The lowest BCUT2D eigenvalue weighted by molar-refractivity contribution is -0.137. The molecule has 9 heteroatoms. The lowest BCUT2D eigenvalue weighted by Gasteiger charge is -2.26. The number of nitrogens with one attached hydrogen (secondary N) is 3. The quantitative estimate of drug-likeness (QED) is 0.320. The Balaban J connectivity index is 1.53. The zero-order valence-electron chi connectivity index (χ0n) is 19.8. The highest BCUT2D eigenvalue weighted by atomic mass is 19.4. The van der Waals surface area contributed by atoms with Gasteiger partial charge in [0.15, 0.2) is 0 Å². The third-order valence-electron chi connectivity index (χ3n) is 6.28. The van der Waals surface area contributed by atoms with Crippen LogP contribution in [0, 0.1) is 0 Å². The molecule has 6 nitrogen and oxygen atoms in total. The molecule has 0 bridgehead atoms. The molecule has 3 heterocycles. The fourth-order valence-electron chi connectivity index (χ4n) is 4.36. The Labute approximate surface area is 207 Å². The van der Waals surface area contributed by atoms with Crippen LogP contribution in [0.5, 0.6) is 0 Å². The molecule has 36 heavy (non-hydrogen) atoms. The summed E-state index contributed by atoms with van der Waals surface area (Å²) >= 11 is 0. The van der Waals surface area contributed by atoms with E-state index in [-0.39, 0.29) is 6.04 Å². The average molecular weight is 493 g/mol. The van der Waals surface area contributed by atoms with Gasteiger partial charge < -0.3 is 20.5 Å². The number of piperazine rings is 1. The summed E-state index contributed by atoms with van der Waals surface area (Å²) < 4.78 is 40.4. The Hall–Kier alpha value is -3.85. The van der Waals surface area contributed by atoms with Gasteiger partial charge in [-0.15, -0.1) is 0 Å². The van der Waals surface area contributed by atoms with Crippen LogP contribution in [0.25, 0.3) is 22.5 Å². The number of pyridine rings is 1. The topological polar surface area (TPSA) is 68.9 Å². The highest BCUT2D eigenvalue weighted by Crippen LogP contribution is 2.37. The first-order valence-electron chi connectivity index (χ1n) is 11.9. The van der Waals surface area contributed by atoms with Crippen LogP contribution < -0.4 is 15.5 Å². The number of nitrogens with zero attached hydrogens (tertiary/aromatic N) is 3. The van der Waals surface area contributed by atoms with Crippen molar-refractivity contribution in [1.29, 1.82) is 0 Å². The first-order chi connectivity index (χ1) is 17.4. The van der Waals surface area contributed by atoms with Gasteiger partial charge in [-0.2, -0.15) is 13.2 Å². The van der Waals surface area contributed by atoms with Gasteiger partial charge in [-0.05, 0) is 36.8 Å². The number of hydrogen-bond acceptors (Lipinski definition) is 5. The molecule has 1 unspecified atom stereocenters. The Bertz CT molecular complexity index is 1310. The van der Waals surface area contributed by atoms with Crippen LogP contribution in [0.2, 0.25) is 0 Å². The van der Waals surface area contributed by atoms with Gasteiger partial charge in [0.05, 0.1) is 17.0 Å². The van der Waals surface area contributed by atoms with E-state index >= 15 is 0 Å². The second-order valence-electron chi connectivity index (χ2n) is 8.81. The van der Waals surface area contributed by atoms with Crippen molar-refractivity contribution in [3.05, 3.63) is 84.1 Å². The molecular formula is C27H27F3N6. The normalized spacial score (nSPS) is 15.1. The van der Waals surface area contributed by atoms with Gasteiger partial charge in [-0.3, -0.25) is 0 Å². The van der Waals surface area contributed by atoms with E-state index in [4.69, 9.17) is 4.98 Å². The fraction of sp³-hybridized carbons (Fsp3) is 0.259. The number of hydrogen-bond donors (Lipinski definition) is 3. The maximum atomic E-state index is 13.5. The maximum Gasteiger partial charge on any atom is 0.416 e. The van der Waals surface area contributed by atoms with Crippen molar-refractivity contribution in [3.8, 4) is 22.5 Å². The van der Waals surface area contributed by atoms with E-state index in [1.807, 2.05) is 42.5 Å². The SMILES string of the molecule is CC(Nc1cc(-c2[nH]c(N3CCNCC3)nc2-c2cccc(C(F)(F)F)c2)ccn1)c1ccccc1. The van der Waals surface area contributed by atoms with Gasteiger partial charge in [-0.25, -0.2) is 9.97 Å². The Morgan fingerprint density at radius 1 is 0.944 bits per heavy atom. The minimum atomic E-state index is -4.44. The predicted octanol–water partition coefficient (Wildman–Crippen LogP) is 5.74. The van der Waals surface area contributed by atoms with E-state index in [0.717, 1.165) is 49.4 Å². The Morgan fingerprint density at radius 3 is 2.47 bits per heavy atom. The van der Waals surface area contributed by atoms with Crippen molar-refractivity contribution in [2.75, 3.05) is 36.4 Å². The van der Waals surface area contributed by atoms with E-state index in [2.05, 4.69) is 32.4 Å². The number of anilines is 2. The van der Waals surface area contributed by atoms with Crippen molar-refractivity contribution in [2.45, 2.75) is 19.1 Å². The minimum Gasteiger partial charge on any atom is -0.364 e. The molecule has 5 rings (SSSR count). The molecule has 1 aliphatic heterocycles. The number of alkyl halides is 3. The lowest BCUT2D eigenvalue weighted by Crippen LogP contribution is -2.44. The van der Waals surface area contributed by atoms with Crippen LogP contribution in [-0.4, -0.2) is 41.1 Å². The number of benzene rings is 2. The molecule has 2 aromatic carbocycles. The smallest absolute Gasteiger partial charge is 0.364 e. The summed E-state index contributed by atoms with van der Waals surface area (Å²) in [5, 5.41) is 6.72. The van der Waals surface area contributed by atoms with Crippen LogP contribution in [0.1, 0.15) is 24.1 Å². The summed E-state index contributed by atoms with van der Waals surface area (Å²) in [6.07, 6.45) is -2.74.